The molecule has 7 nitrogen and oxygen atoms in total. The molecular weight excluding hydrogens is 216 g/mol. The zero-order valence-corrected chi connectivity index (χ0v) is 7.65. The van der Waals surface area contributed by atoms with Crippen LogP contribution in [-0.4, -0.2) is 24.5 Å². The molecule has 1 aromatic rings. The second kappa shape index (κ2) is 3.36. The van der Waals surface area contributed by atoms with Crippen LogP contribution < -0.4 is 10.5 Å². The van der Waals surface area contributed by atoms with Gasteiger partial charge in [-0.1, -0.05) is 11.3 Å². The molecule has 1 amide bonds. The van der Waals surface area contributed by atoms with Crippen LogP contribution in [0.25, 0.3) is 0 Å². The van der Waals surface area contributed by atoms with Crippen LogP contribution in [0.5, 0.6) is 0 Å². The van der Waals surface area contributed by atoms with Crippen LogP contribution in [0.2, 0.25) is 0 Å². The first-order chi connectivity index (χ1) is 7.10. The van der Waals surface area contributed by atoms with E-state index in [2.05, 4.69) is 10.2 Å². The summed E-state index contributed by atoms with van der Waals surface area (Å²) >= 11 is 0.467. The van der Waals surface area contributed by atoms with E-state index in [0.717, 1.165) is 0 Å². The summed E-state index contributed by atoms with van der Waals surface area (Å²) in [5.74, 6) is -1.27. The number of aromatic nitrogens is 2. The minimum atomic E-state index is -4.00. The standard InChI is InChI=1S/C4H6N4O3S2/c1-2(9)6-3-7-8-4(12-3)13(5,10)11/h1H3,(H2,5,10,11)(H,6,7,9)/i1D3. The maximum absolute atomic E-state index is 11.0. The molecule has 13 heavy (non-hydrogen) atoms. The van der Waals surface area contributed by atoms with Crippen LogP contribution in [0.3, 0.4) is 0 Å². The van der Waals surface area contributed by atoms with Gasteiger partial charge in [-0.05, 0) is 0 Å². The van der Waals surface area contributed by atoms with Gasteiger partial charge in [-0.2, -0.15) is 0 Å². The van der Waals surface area contributed by atoms with Crippen molar-refractivity contribution in [2.45, 2.75) is 11.2 Å². The van der Waals surface area contributed by atoms with Gasteiger partial charge >= 0.3 is 0 Å². The number of nitrogens with zero attached hydrogens (tertiary/aromatic N) is 2. The van der Waals surface area contributed by atoms with E-state index in [-0.39, 0.29) is 5.13 Å². The van der Waals surface area contributed by atoms with Crippen molar-refractivity contribution in [1.82, 2.24) is 10.2 Å². The smallest absolute Gasteiger partial charge is 0.267 e. The average molecular weight is 225 g/mol. The van der Waals surface area contributed by atoms with E-state index < -0.39 is 27.1 Å². The lowest BCUT2D eigenvalue weighted by atomic mass is 10.7. The molecular formula is C4H6N4O3S2. The Morgan fingerprint density at radius 2 is 2.38 bits per heavy atom. The Kier molecular flexibility index (Phi) is 1.65. The maximum atomic E-state index is 11.0. The normalized spacial score (nSPS) is 15.6. The molecule has 0 aromatic carbocycles. The molecule has 9 heteroatoms. The van der Waals surface area contributed by atoms with E-state index in [9.17, 15) is 13.2 Å². The third kappa shape index (κ3) is 2.72. The Balaban J connectivity index is 2.86. The van der Waals surface area contributed by atoms with E-state index in [1.165, 1.54) is 0 Å². The van der Waals surface area contributed by atoms with Crippen LogP contribution in [0.1, 0.15) is 11.0 Å². The molecule has 0 saturated carbocycles. The molecule has 0 atom stereocenters. The van der Waals surface area contributed by atoms with Crippen LogP contribution in [0, 0.1) is 0 Å². The number of hydrogen-bond acceptors (Lipinski definition) is 6. The molecule has 1 rings (SSSR count). The molecule has 72 valence electrons. The molecule has 0 bridgehead atoms. The number of rotatable bonds is 2. The summed E-state index contributed by atoms with van der Waals surface area (Å²) < 4.78 is 41.3. The summed E-state index contributed by atoms with van der Waals surface area (Å²) in [5, 5.41) is 12.8. The molecule has 0 radical (unpaired) electrons. The van der Waals surface area contributed by atoms with Gasteiger partial charge in [-0.25, -0.2) is 13.6 Å². The van der Waals surface area contributed by atoms with E-state index in [1.54, 1.807) is 0 Å². The van der Waals surface area contributed by atoms with Crippen molar-refractivity contribution in [3.8, 4) is 0 Å². The summed E-state index contributed by atoms with van der Waals surface area (Å²) in [6.07, 6.45) is 0. The van der Waals surface area contributed by atoms with Gasteiger partial charge < -0.3 is 5.32 Å². The second-order valence-corrected chi connectivity index (χ2v) is 4.58. The number of nitrogens with one attached hydrogen (secondary N) is 1. The lowest BCUT2D eigenvalue weighted by molar-refractivity contribution is -0.114. The fourth-order valence-electron chi connectivity index (χ4n) is 0.472. The minimum Gasteiger partial charge on any atom is -0.301 e. The maximum Gasteiger partial charge on any atom is 0.267 e. The summed E-state index contributed by atoms with van der Waals surface area (Å²) in [6.45, 7) is -2.84. The number of hydrogen-bond donors (Lipinski definition) is 2. The third-order valence-electron chi connectivity index (χ3n) is 0.870. The predicted molar refractivity (Wildman–Crippen MR) is 45.6 cm³/mol. The van der Waals surface area contributed by atoms with Crippen molar-refractivity contribution in [2.75, 3.05) is 5.32 Å². The highest BCUT2D eigenvalue weighted by Gasteiger charge is 2.15. The van der Waals surface area contributed by atoms with Crippen LogP contribution >= 0.6 is 11.3 Å². The molecule has 1 heterocycles. The first-order valence-corrected chi connectivity index (χ1v) is 5.15. The first-order valence-electron chi connectivity index (χ1n) is 4.28. The van der Waals surface area contributed by atoms with E-state index in [4.69, 9.17) is 9.25 Å². The van der Waals surface area contributed by atoms with Gasteiger partial charge in [-0.3, -0.25) is 4.79 Å². The molecule has 0 saturated heterocycles. The summed E-state index contributed by atoms with van der Waals surface area (Å²) in [5.41, 5.74) is 0. The molecule has 1 aromatic heterocycles. The number of amides is 1. The third-order valence-corrected chi connectivity index (χ3v) is 3.02. The molecule has 0 spiro atoms. The lowest BCUT2D eigenvalue weighted by Gasteiger charge is -1.90. The van der Waals surface area contributed by atoms with Gasteiger partial charge in [0, 0.05) is 11.0 Å². The van der Waals surface area contributed by atoms with Gasteiger partial charge in [0.1, 0.15) is 0 Å². The van der Waals surface area contributed by atoms with E-state index >= 15 is 0 Å². The number of nitrogens with two attached hydrogens (primary N) is 1. The predicted octanol–water partition coefficient (Wildman–Crippen LogP) is -0.856. The zero-order chi connectivity index (χ0) is 12.6. The fourth-order valence-corrected chi connectivity index (χ4v) is 1.80. The van der Waals surface area contributed by atoms with E-state index in [1.807, 2.05) is 5.32 Å². The van der Waals surface area contributed by atoms with Crippen LogP contribution in [-0.2, 0) is 14.8 Å². The Morgan fingerprint density at radius 1 is 1.69 bits per heavy atom. The van der Waals surface area contributed by atoms with Crippen LogP contribution in [0.4, 0.5) is 5.13 Å². The van der Waals surface area contributed by atoms with Gasteiger partial charge in [0.25, 0.3) is 10.0 Å². The number of anilines is 1. The molecule has 0 aliphatic rings. The molecule has 3 N–H and O–H groups in total. The fraction of sp³-hybridized carbons (Fsp3) is 0.250. The highest BCUT2D eigenvalue weighted by molar-refractivity contribution is 7.91. The minimum absolute atomic E-state index is 0.245. The zero-order valence-electron chi connectivity index (χ0n) is 9.01. The molecule has 0 unspecified atom stereocenters. The highest BCUT2D eigenvalue weighted by Crippen LogP contribution is 2.17. The van der Waals surface area contributed by atoms with Gasteiger partial charge in [0.15, 0.2) is 0 Å². The number of carbonyl (C=O) groups is 1. The summed E-state index contributed by atoms with van der Waals surface area (Å²) in [4.78, 5) is 11.0. The van der Waals surface area contributed by atoms with Gasteiger partial charge in [0.2, 0.25) is 15.4 Å². The summed E-state index contributed by atoms with van der Waals surface area (Å²) in [6, 6.07) is 0. The van der Waals surface area contributed by atoms with Crippen molar-refractivity contribution in [2.24, 2.45) is 5.14 Å². The lowest BCUT2D eigenvalue weighted by Crippen LogP contribution is -2.11. The monoisotopic (exact) mass is 225 g/mol. The van der Waals surface area contributed by atoms with Crippen molar-refractivity contribution >= 4 is 32.4 Å². The number of sulfonamides is 1. The number of primary sulfonamides is 1. The summed E-state index contributed by atoms with van der Waals surface area (Å²) in [7, 11) is -4.00. The Labute approximate surface area is 82.2 Å². The quantitative estimate of drug-likeness (QED) is 0.636. The Hall–Kier alpha value is -1.06. The van der Waals surface area contributed by atoms with E-state index in [0.29, 0.717) is 11.3 Å². The Bertz CT molecular complexity index is 507. The molecule has 0 aliphatic carbocycles. The van der Waals surface area contributed by atoms with Crippen molar-refractivity contribution < 1.29 is 17.3 Å². The Morgan fingerprint density at radius 3 is 2.85 bits per heavy atom. The SMILES string of the molecule is [2H]C([2H])([2H])C(=O)Nc1nnc(S(N)(=O)=O)s1. The van der Waals surface area contributed by atoms with Crippen molar-refractivity contribution in [1.29, 1.82) is 0 Å². The molecule has 0 aliphatic heterocycles. The van der Waals surface area contributed by atoms with Crippen molar-refractivity contribution in [3.05, 3.63) is 0 Å². The first kappa shape index (κ1) is 6.40. The largest absolute Gasteiger partial charge is 0.301 e. The van der Waals surface area contributed by atoms with Gasteiger partial charge in [0.05, 0.1) is 0 Å². The highest BCUT2D eigenvalue weighted by atomic mass is 32.2. The topological polar surface area (TPSA) is 115 Å². The second-order valence-electron chi connectivity index (χ2n) is 1.87. The molecule has 0 fully saturated rings. The van der Waals surface area contributed by atoms with Crippen molar-refractivity contribution in [3.63, 3.8) is 0 Å². The van der Waals surface area contributed by atoms with Gasteiger partial charge in [-0.15, -0.1) is 10.2 Å². The number of carbonyl (C=O) groups excluding carboxylic acids is 1. The van der Waals surface area contributed by atoms with Crippen LogP contribution in [0.15, 0.2) is 4.34 Å². The average Bonchev–Trinajstić information content (AvgIpc) is 2.49.